The van der Waals surface area contributed by atoms with Crippen LogP contribution in [0.2, 0.25) is 0 Å². The first-order valence-corrected chi connectivity index (χ1v) is 10.8. The lowest BCUT2D eigenvalue weighted by Gasteiger charge is -2.25. The average Bonchev–Trinajstić information content (AvgIpc) is 3.28. The van der Waals surface area contributed by atoms with Gasteiger partial charge in [0.2, 0.25) is 0 Å². The fourth-order valence-electron chi connectivity index (χ4n) is 3.78. The molecule has 4 rings (SSSR count). The average molecular weight is 420 g/mol. The van der Waals surface area contributed by atoms with Crippen molar-refractivity contribution in [3.63, 3.8) is 0 Å². The van der Waals surface area contributed by atoms with E-state index in [9.17, 15) is 4.79 Å². The summed E-state index contributed by atoms with van der Waals surface area (Å²) in [4.78, 5) is 14.2. The van der Waals surface area contributed by atoms with Crippen molar-refractivity contribution in [2.45, 2.75) is 26.4 Å². The Morgan fingerprint density at radius 1 is 1.13 bits per heavy atom. The zero-order valence-electron chi connectivity index (χ0n) is 18.0. The van der Waals surface area contributed by atoms with Crippen LogP contribution in [-0.2, 0) is 17.8 Å². The molecule has 2 aromatic carbocycles. The molecule has 1 aliphatic rings. The summed E-state index contributed by atoms with van der Waals surface area (Å²) in [6.07, 6.45) is 2.65. The van der Waals surface area contributed by atoms with Crippen LogP contribution < -0.4 is 5.32 Å². The van der Waals surface area contributed by atoms with E-state index < -0.39 is 0 Å². The summed E-state index contributed by atoms with van der Waals surface area (Å²) < 4.78 is 7.04. The van der Waals surface area contributed by atoms with Gasteiger partial charge < -0.3 is 15.0 Å². The lowest BCUT2D eigenvalue weighted by Crippen LogP contribution is -2.40. The Balaban J connectivity index is 1.22. The number of amides is 1. The quantitative estimate of drug-likeness (QED) is 0.569. The molecule has 1 N–H and O–H groups in total. The highest BCUT2D eigenvalue weighted by atomic mass is 16.5. The molecule has 0 saturated carbocycles. The summed E-state index contributed by atoms with van der Waals surface area (Å²) in [5, 5.41) is 11.6. The van der Waals surface area contributed by atoms with Crippen molar-refractivity contribution in [2.75, 3.05) is 32.8 Å². The number of hydrogen-bond acceptors (Lipinski definition) is 5. The van der Waals surface area contributed by atoms with Crippen molar-refractivity contribution in [1.29, 1.82) is 0 Å². The largest absolute Gasteiger partial charge is 0.378 e. The molecule has 162 valence electrons. The topological polar surface area (TPSA) is 72.3 Å². The molecule has 1 amide bonds. The first kappa shape index (κ1) is 21.2. The number of carbonyl (C=O) groups is 1. The van der Waals surface area contributed by atoms with E-state index >= 15 is 0 Å². The van der Waals surface area contributed by atoms with Gasteiger partial charge in [-0.25, -0.2) is 0 Å². The Labute approximate surface area is 183 Å². The minimum absolute atomic E-state index is 0.0683. The normalized spacial score (nSPS) is 14.0. The lowest BCUT2D eigenvalue weighted by atomic mass is 9.99. The standard InChI is InChI=1S/C24H29N5O2/c1-19-6-2-3-9-22(19)21-8-4-7-20(16-21)17-25-10-5-11-29-18-23(26-27-29)24(30)28-12-14-31-15-13-28/h2-4,6-9,16,18,25H,5,10-15,17H2,1H3. The van der Waals surface area contributed by atoms with Crippen LogP contribution in [0.4, 0.5) is 0 Å². The van der Waals surface area contributed by atoms with Crippen LogP contribution in [0.15, 0.2) is 54.7 Å². The summed E-state index contributed by atoms with van der Waals surface area (Å²) in [5.74, 6) is -0.0683. The Morgan fingerprint density at radius 3 is 2.81 bits per heavy atom. The Bertz CT molecular complexity index is 1010. The van der Waals surface area contributed by atoms with Crippen molar-refractivity contribution in [1.82, 2.24) is 25.2 Å². The molecule has 0 atom stereocenters. The molecule has 2 heterocycles. The van der Waals surface area contributed by atoms with E-state index in [1.54, 1.807) is 15.8 Å². The van der Waals surface area contributed by atoms with Crippen molar-refractivity contribution in [2.24, 2.45) is 0 Å². The zero-order chi connectivity index (χ0) is 21.5. The second-order valence-electron chi connectivity index (χ2n) is 7.82. The van der Waals surface area contributed by atoms with Crippen LogP contribution in [0.5, 0.6) is 0 Å². The van der Waals surface area contributed by atoms with Gasteiger partial charge in [0.1, 0.15) is 0 Å². The SMILES string of the molecule is Cc1ccccc1-c1cccc(CNCCCn2cc(C(=O)N3CCOCC3)nn2)c1. The maximum Gasteiger partial charge on any atom is 0.276 e. The van der Waals surface area contributed by atoms with Gasteiger partial charge in [0.25, 0.3) is 5.91 Å². The molecule has 0 bridgehead atoms. The van der Waals surface area contributed by atoms with Crippen LogP contribution >= 0.6 is 0 Å². The van der Waals surface area contributed by atoms with Gasteiger partial charge in [-0.05, 0) is 48.2 Å². The van der Waals surface area contributed by atoms with E-state index in [1.165, 1.54) is 22.3 Å². The van der Waals surface area contributed by atoms with Gasteiger partial charge in [0.05, 0.1) is 19.4 Å². The molecule has 0 unspecified atom stereocenters. The van der Waals surface area contributed by atoms with Gasteiger partial charge in [-0.15, -0.1) is 5.10 Å². The zero-order valence-corrected chi connectivity index (χ0v) is 18.0. The number of ether oxygens (including phenoxy) is 1. The Kier molecular flexibility index (Phi) is 7.07. The van der Waals surface area contributed by atoms with Gasteiger partial charge in [0, 0.05) is 26.2 Å². The molecule has 0 spiro atoms. The predicted molar refractivity (Wildman–Crippen MR) is 120 cm³/mol. The number of nitrogens with one attached hydrogen (secondary N) is 1. The van der Waals surface area contributed by atoms with Crippen LogP contribution in [0, 0.1) is 6.92 Å². The molecule has 1 saturated heterocycles. The third-order valence-electron chi connectivity index (χ3n) is 5.51. The third kappa shape index (κ3) is 5.57. The Morgan fingerprint density at radius 2 is 1.97 bits per heavy atom. The number of benzene rings is 2. The fourth-order valence-corrected chi connectivity index (χ4v) is 3.78. The van der Waals surface area contributed by atoms with Gasteiger partial charge in [0.15, 0.2) is 5.69 Å². The summed E-state index contributed by atoms with van der Waals surface area (Å²) in [6, 6.07) is 17.1. The maximum atomic E-state index is 12.4. The molecule has 1 fully saturated rings. The molecular formula is C24H29N5O2. The molecular weight excluding hydrogens is 390 g/mol. The van der Waals surface area contributed by atoms with Crippen LogP contribution in [-0.4, -0.2) is 58.6 Å². The van der Waals surface area contributed by atoms with Crippen molar-refractivity contribution >= 4 is 5.91 Å². The van der Waals surface area contributed by atoms with Gasteiger partial charge in [-0.1, -0.05) is 47.7 Å². The lowest BCUT2D eigenvalue weighted by molar-refractivity contribution is 0.0299. The first-order chi connectivity index (χ1) is 15.2. The van der Waals surface area contributed by atoms with Crippen molar-refractivity contribution < 1.29 is 9.53 Å². The summed E-state index contributed by atoms with van der Waals surface area (Å²) in [7, 11) is 0. The summed E-state index contributed by atoms with van der Waals surface area (Å²) in [5.41, 5.74) is 5.48. The first-order valence-electron chi connectivity index (χ1n) is 10.8. The van der Waals surface area contributed by atoms with E-state index in [-0.39, 0.29) is 5.91 Å². The number of rotatable bonds is 8. The van der Waals surface area contributed by atoms with E-state index in [0.29, 0.717) is 32.0 Å². The highest BCUT2D eigenvalue weighted by Gasteiger charge is 2.21. The number of nitrogens with zero attached hydrogens (tertiary/aromatic N) is 4. The minimum Gasteiger partial charge on any atom is -0.378 e. The molecule has 0 radical (unpaired) electrons. The number of carbonyl (C=O) groups excluding carboxylic acids is 1. The molecule has 7 nitrogen and oxygen atoms in total. The number of aryl methyl sites for hydroxylation is 2. The minimum atomic E-state index is -0.0683. The van der Waals surface area contributed by atoms with E-state index in [2.05, 4.69) is 71.1 Å². The van der Waals surface area contributed by atoms with E-state index in [1.807, 2.05) is 0 Å². The second kappa shape index (κ2) is 10.3. The number of morpholine rings is 1. The summed E-state index contributed by atoms with van der Waals surface area (Å²) >= 11 is 0. The monoisotopic (exact) mass is 419 g/mol. The van der Waals surface area contributed by atoms with Crippen LogP contribution in [0.3, 0.4) is 0 Å². The van der Waals surface area contributed by atoms with Gasteiger partial charge >= 0.3 is 0 Å². The Hall–Kier alpha value is -3.03. The van der Waals surface area contributed by atoms with Crippen molar-refractivity contribution in [3.05, 3.63) is 71.5 Å². The maximum absolute atomic E-state index is 12.4. The highest BCUT2D eigenvalue weighted by Crippen LogP contribution is 2.23. The predicted octanol–water partition coefficient (Wildman–Crippen LogP) is 2.91. The number of hydrogen-bond donors (Lipinski definition) is 1. The van der Waals surface area contributed by atoms with Gasteiger partial charge in [-0.2, -0.15) is 0 Å². The second-order valence-corrected chi connectivity index (χ2v) is 7.82. The number of aromatic nitrogens is 3. The molecule has 7 heteroatoms. The fraction of sp³-hybridized carbons (Fsp3) is 0.375. The van der Waals surface area contributed by atoms with Crippen LogP contribution in [0.25, 0.3) is 11.1 Å². The van der Waals surface area contributed by atoms with Crippen LogP contribution in [0.1, 0.15) is 28.0 Å². The molecule has 0 aliphatic carbocycles. The highest BCUT2D eigenvalue weighted by molar-refractivity contribution is 5.92. The van der Waals surface area contributed by atoms with Crippen molar-refractivity contribution in [3.8, 4) is 11.1 Å². The molecule has 31 heavy (non-hydrogen) atoms. The molecule has 1 aliphatic heterocycles. The van der Waals surface area contributed by atoms with E-state index in [4.69, 9.17) is 4.74 Å². The third-order valence-corrected chi connectivity index (χ3v) is 5.51. The van der Waals surface area contributed by atoms with E-state index in [0.717, 1.165) is 26.1 Å². The summed E-state index contributed by atoms with van der Waals surface area (Å²) in [6.45, 7) is 6.93. The van der Waals surface area contributed by atoms with Gasteiger partial charge in [-0.3, -0.25) is 9.48 Å². The smallest absolute Gasteiger partial charge is 0.276 e. The molecule has 1 aromatic heterocycles. The molecule has 3 aromatic rings.